The Morgan fingerprint density at radius 2 is 1.78 bits per heavy atom. The van der Waals surface area contributed by atoms with Crippen LogP contribution in [-0.4, -0.2) is 34.1 Å². The third-order valence-electron chi connectivity index (χ3n) is 4.62. The molecule has 0 unspecified atom stereocenters. The Labute approximate surface area is 186 Å². The molecule has 1 amide bonds. The van der Waals surface area contributed by atoms with Gasteiger partial charge < -0.3 is 19.3 Å². The van der Waals surface area contributed by atoms with Gasteiger partial charge in [0.25, 0.3) is 11.8 Å². The van der Waals surface area contributed by atoms with Gasteiger partial charge in [0.1, 0.15) is 0 Å². The van der Waals surface area contributed by atoms with Crippen LogP contribution in [0.15, 0.2) is 35.0 Å². The minimum Gasteiger partial charge on any atom is -0.493 e. The molecule has 0 saturated heterocycles. The fourth-order valence-corrected chi connectivity index (χ4v) is 3.03. The summed E-state index contributed by atoms with van der Waals surface area (Å²) in [6, 6.07) is 6.87. The van der Waals surface area contributed by atoms with E-state index in [0.29, 0.717) is 11.7 Å². The van der Waals surface area contributed by atoms with Gasteiger partial charge in [0, 0.05) is 17.8 Å². The normalized spacial score (nSPS) is 11.8. The average Bonchev–Trinajstić information content (AvgIpc) is 3.23. The zero-order chi connectivity index (χ0) is 23.4. The Morgan fingerprint density at radius 3 is 2.41 bits per heavy atom. The maximum absolute atomic E-state index is 12.9. The van der Waals surface area contributed by atoms with E-state index in [2.05, 4.69) is 26.5 Å². The van der Waals surface area contributed by atoms with Crippen LogP contribution >= 0.6 is 0 Å². The molecular formula is C23H26N4O5. The molecule has 9 heteroatoms. The van der Waals surface area contributed by atoms with Crippen LogP contribution < -0.4 is 14.8 Å². The molecule has 0 aliphatic carbocycles. The molecule has 1 aromatic carbocycles. The molecular weight excluding hydrogens is 412 g/mol. The quantitative estimate of drug-likeness (QED) is 0.554. The summed E-state index contributed by atoms with van der Waals surface area (Å²) in [5.41, 5.74) is 2.88. The zero-order valence-corrected chi connectivity index (χ0v) is 18.9. The molecule has 0 spiro atoms. The van der Waals surface area contributed by atoms with Crippen molar-refractivity contribution >= 4 is 11.9 Å². The van der Waals surface area contributed by atoms with Gasteiger partial charge in [-0.3, -0.25) is 9.59 Å². The molecule has 1 atom stereocenters. The van der Waals surface area contributed by atoms with Gasteiger partial charge in [-0.2, -0.15) is 4.98 Å². The van der Waals surface area contributed by atoms with Gasteiger partial charge in [-0.15, -0.1) is 0 Å². The van der Waals surface area contributed by atoms with Gasteiger partial charge in [0.2, 0.25) is 5.75 Å². The van der Waals surface area contributed by atoms with Gasteiger partial charge in [-0.25, -0.2) is 4.98 Å². The first-order valence-corrected chi connectivity index (χ1v) is 10.2. The first kappa shape index (κ1) is 22.9. The van der Waals surface area contributed by atoms with Crippen LogP contribution in [0.25, 0.3) is 11.5 Å². The van der Waals surface area contributed by atoms with Crippen LogP contribution in [-0.2, 0) is 4.79 Å². The number of pyridine rings is 1. The minimum absolute atomic E-state index is 0.0394. The Kier molecular flexibility index (Phi) is 6.87. The lowest BCUT2D eigenvalue weighted by Crippen LogP contribution is -2.29. The molecule has 9 nitrogen and oxygen atoms in total. The standard InChI is InChI=1S/C23H26N4O5/c1-12(2)23(29)31-19-17(30-6)7-8-24-18(19)21(28)25-15(5)20-26-22(32-27-20)16-10-13(3)9-14(4)11-16/h7-12,15H,1-6H3,(H,25,28)/t15-/m0/s1. The number of hydrogen-bond donors (Lipinski definition) is 1. The van der Waals surface area contributed by atoms with Crippen molar-refractivity contribution in [3.05, 3.63) is 53.1 Å². The molecule has 0 aliphatic heterocycles. The molecule has 2 heterocycles. The van der Waals surface area contributed by atoms with Crippen LogP contribution in [0.3, 0.4) is 0 Å². The van der Waals surface area contributed by atoms with E-state index in [4.69, 9.17) is 14.0 Å². The number of methoxy groups -OCH3 is 1. The second-order valence-electron chi connectivity index (χ2n) is 7.80. The molecule has 0 bridgehead atoms. The van der Waals surface area contributed by atoms with E-state index in [-0.39, 0.29) is 17.2 Å². The number of hydrogen-bond acceptors (Lipinski definition) is 8. The molecule has 0 aliphatic rings. The molecule has 0 saturated carbocycles. The monoisotopic (exact) mass is 438 g/mol. The summed E-state index contributed by atoms with van der Waals surface area (Å²) in [4.78, 5) is 33.5. The van der Waals surface area contributed by atoms with Crippen LogP contribution in [0, 0.1) is 19.8 Å². The lowest BCUT2D eigenvalue weighted by Gasteiger charge is -2.15. The SMILES string of the molecule is COc1ccnc(C(=O)N[C@@H](C)c2noc(-c3cc(C)cc(C)c3)n2)c1OC(=O)C(C)C. The van der Waals surface area contributed by atoms with Gasteiger partial charge in [-0.1, -0.05) is 36.2 Å². The topological polar surface area (TPSA) is 116 Å². The largest absolute Gasteiger partial charge is 0.493 e. The number of carbonyl (C=O) groups excluding carboxylic acids is 2. The predicted octanol–water partition coefficient (Wildman–Crippen LogP) is 3.81. The van der Waals surface area contributed by atoms with E-state index in [1.54, 1.807) is 20.8 Å². The Morgan fingerprint density at radius 1 is 1.09 bits per heavy atom. The van der Waals surface area contributed by atoms with Crippen LogP contribution in [0.5, 0.6) is 11.5 Å². The third kappa shape index (κ3) is 5.11. The molecule has 168 valence electrons. The molecule has 3 rings (SSSR count). The number of esters is 1. The summed E-state index contributed by atoms with van der Waals surface area (Å²) in [5, 5.41) is 6.76. The maximum Gasteiger partial charge on any atom is 0.313 e. The van der Waals surface area contributed by atoms with Crippen molar-refractivity contribution in [1.82, 2.24) is 20.4 Å². The predicted molar refractivity (Wildman–Crippen MR) is 116 cm³/mol. The first-order chi connectivity index (χ1) is 15.2. The highest BCUT2D eigenvalue weighted by Crippen LogP contribution is 2.31. The second kappa shape index (κ2) is 9.59. The average molecular weight is 438 g/mol. The summed E-state index contributed by atoms with van der Waals surface area (Å²) >= 11 is 0. The highest BCUT2D eigenvalue weighted by atomic mass is 16.6. The van der Waals surface area contributed by atoms with E-state index in [1.165, 1.54) is 19.4 Å². The van der Waals surface area contributed by atoms with E-state index in [0.717, 1.165) is 16.7 Å². The Bertz CT molecular complexity index is 1120. The number of nitrogens with one attached hydrogen (secondary N) is 1. The van der Waals surface area contributed by atoms with Crippen molar-refractivity contribution in [2.75, 3.05) is 7.11 Å². The van der Waals surface area contributed by atoms with E-state index in [9.17, 15) is 9.59 Å². The number of rotatable bonds is 7. The summed E-state index contributed by atoms with van der Waals surface area (Å²) in [5.74, 6) is -0.617. The van der Waals surface area contributed by atoms with Crippen molar-refractivity contribution < 1.29 is 23.6 Å². The summed E-state index contributed by atoms with van der Waals surface area (Å²) in [6.45, 7) is 9.07. The van der Waals surface area contributed by atoms with Gasteiger partial charge in [0.05, 0.1) is 19.1 Å². The van der Waals surface area contributed by atoms with E-state index in [1.807, 2.05) is 26.0 Å². The fourth-order valence-electron chi connectivity index (χ4n) is 3.03. The summed E-state index contributed by atoms with van der Waals surface area (Å²) in [6.07, 6.45) is 1.40. The van der Waals surface area contributed by atoms with Crippen molar-refractivity contribution in [2.45, 2.75) is 40.7 Å². The lowest BCUT2D eigenvalue weighted by atomic mass is 10.1. The van der Waals surface area contributed by atoms with Crippen molar-refractivity contribution in [1.29, 1.82) is 0 Å². The highest BCUT2D eigenvalue weighted by Gasteiger charge is 2.25. The molecule has 0 fully saturated rings. The number of aryl methyl sites for hydroxylation is 2. The van der Waals surface area contributed by atoms with E-state index < -0.39 is 23.8 Å². The van der Waals surface area contributed by atoms with Crippen molar-refractivity contribution in [3.63, 3.8) is 0 Å². The van der Waals surface area contributed by atoms with Crippen LogP contribution in [0.4, 0.5) is 0 Å². The number of ether oxygens (including phenoxy) is 2. The number of benzene rings is 1. The second-order valence-corrected chi connectivity index (χ2v) is 7.80. The first-order valence-electron chi connectivity index (χ1n) is 10.2. The number of aromatic nitrogens is 3. The summed E-state index contributed by atoms with van der Waals surface area (Å²) in [7, 11) is 1.42. The number of nitrogens with zero attached hydrogens (tertiary/aromatic N) is 3. The highest BCUT2D eigenvalue weighted by molar-refractivity contribution is 5.96. The minimum atomic E-state index is -0.590. The van der Waals surface area contributed by atoms with Crippen molar-refractivity contribution in [3.8, 4) is 23.0 Å². The van der Waals surface area contributed by atoms with Gasteiger partial charge in [0.15, 0.2) is 17.3 Å². The molecule has 32 heavy (non-hydrogen) atoms. The Hall–Kier alpha value is -3.75. The smallest absolute Gasteiger partial charge is 0.313 e. The molecule has 1 N–H and O–H groups in total. The number of amides is 1. The van der Waals surface area contributed by atoms with Crippen molar-refractivity contribution in [2.24, 2.45) is 5.92 Å². The number of carbonyl (C=O) groups is 2. The molecule has 0 radical (unpaired) electrons. The van der Waals surface area contributed by atoms with Crippen LogP contribution in [0.2, 0.25) is 0 Å². The zero-order valence-electron chi connectivity index (χ0n) is 18.9. The van der Waals surface area contributed by atoms with Gasteiger partial charge in [-0.05, 0) is 32.9 Å². The Balaban J connectivity index is 1.82. The molecule has 2 aromatic heterocycles. The fraction of sp³-hybridized carbons (Fsp3) is 0.348. The third-order valence-corrected chi connectivity index (χ3v) is 4.62. The summed E-state index contributed by atoms with van der Waals surface area (Å²) < 4.78 is 16.0. The molecule has 3 aromatic rings. The van der Waals surface area contributed by atoms with E-state index >= 15 is 0 Å². The van der Waals surface area contributed by atoms with Gasteiger partial charge >= 0.3 is 5.97 Å². The maximum atomic E-state index is 12.9. The van der Waals surface area contributed by atoms with Crippen LogP contribution in [0.1, 0.15) is 54.3 Å². The lowest BCUT2D eigenvalue weighted by molar-refractivity contribution is -0.137.